The standard InChI is InChI=1S/C33H34N4O5/c1-7-18-14(3)21-11-23-16(5)20(9-10-27(38)39)30(36-23)29-31-28(32(40)42-33(29)41)17(6)24(37-31)13-26-19(8-2)15(4)22(35-26)12-25(18)34-21/h7,11-13,15-16,19-20,34,37H,1,8-10H2,2-6H3,(H,38,39)/t15?,16-,19?,20-/m1/s1. The second-order valence-corrected chi connectivity index (χ2v) is 11.6. The summed E-state index contributed by atoms with van der Waals surface area (Å²) < 4.78 is 5.26. The fourth-order valence-corrected chi connectivity index (χ4v) is 6.84. The summed E-state index contributed by atoms with van der Waals surface area (Å²) in [6.07, 6.45) is 2.90. The summed E-state index contributed by atoms with van der Waals surface area (Å²) in [6, 6.07) is 6.01. The maximum Gasteiger partial charge on any atom is 0.350 e. The molecule has 3 aromatic rings. The Morgan fingerprint density at radius 3 is 2.24 bits per heavy atom. The Bertz CT molecular complexity index is 1860. The number of nitrogens with one attached hydrogen (secondary N) is 2. The van der Waals surface area contributed by atoms with Crippen LogP contribution >= 0.6 is 0 Å². The highest BCUT2D eigenvalue weighted by Crippen LogP contribution is 2.44. The largest absolute Gasteiger partial charge is 0.481 e. The molecule has 216 valence electrons. The number of cyclic esters (lactones) is 2. The first-order chi connectivity index (χ1) is 20.0. The lowest BCUT2D eigenvalue weighted by atomic mass is 9.85. The molecule has 42 heavy (non-hydrogen) atoms. The number of carbonyl (C=O) groups is 3. The van der Waals surface area contributed by atoms with E-state index in [1.807, 2.05) is 39.0 Å². The number of carboxylic acids is 1. The number of ether oxygens (including phenoxy) is 1. The molecule has 4 atom stereocenters. The van der Waals surface area contributed by atoms with Crippen molar-refractivity contribution in [2.45, 2.75) is 77.6 Å². The van der Waals surface area contributed by atoms with Gasteiger partial charge in [0.1, 0.15) is 5.56 Å². The van der Waals surface area contributed by atoms with Crippen molar-refractivity contribution in [3.63, 3.8) is 0 Å². The molecule has 0 amide bonds. The molecule has 0 aromatic carbocycles. The highest BCUT2D eigenvalue weighted by Gasteiger charge is 2.39. The average Bonchev–Trinajstić information content (AvgIpc) is 3.61. The van der Waals surface area contributed by atoms with Gasteiger partial charge in [0.2, 0.25) is 0 Å². The second-order valence-electron chi connectivity index (χ2n) is 11.6. The number of aryl methyl sites for hydroxylation is 2. The van der Waals surface area contributed by atoms with Crippen LogP contribution in [0.3, 0.4) is 0 Å². The van der Waals surface area contributed by atoms with Crippen LogP contribution in [-0.2, 0) is 9.53 Å². The SMILES string of the molecule is C=Cc1c(C)c2cc3nc(c4c5[nH]c(cc6nc(cc1[nH]2)C(C)C6CC)c(C)c5C(=O)OC4=O)[C@H](CCC(=O)O)[C@H]3C. The molecule has 0 radical (unpaired) electrons. The first-order valence-corrected chi connectivity index (χ1v) is 14.4. The van der Waals surface area contributed by atoms with E-state index in [-0.39, 0.29) is 42.1 Å². The number of rotatable bonds is 5. The Kier molecular flexibility index (Phi) is 6.63. The summed E-state index contributed by atoms with van der Waals surface area (Å²) in [6.45, 7) is 14.2. The van der Waals surface area contributed by atoms with Crippen LogP contribution in [0.1, 0.15) is 124 Å². The Labute approximate surface area is 243 Å². The number of nitrogens with zero attached hydrogens (tertiary/aromatic N) is 2. The van der Waals surface area contributed by atoms with Crippen molar-refractivity contribution in [1.82, 2.24) is 19.9 Å². The van der Waals surface area contributed by atoms with Crippen LogP contribution in [0.4, 0.5) is 0 Å². The molecule has 9 heteroatoms. The molecule has 9 nitrogen and oxygen atoms in total. The number of carboxylic acid groups (broad SMARTS) is 1. The number of aromatic amines is 2. The maximum atomic E-state index is 13.4. The lowest BCUT2D eigenvalue weighted by Gasteiger charge is -2.18. The Morgan fingerprint density at radius 2 is 1.55 bits per heavy atom. The zero-order valence-electron chi connectivity index (χ0n) is 24.4. The van der Waals surface area contributed by atoms with E-state index in [2.05, 4.69) is 36.5 Å². The fourth-order valence-electron chi connectivity index (χ4n) is 6.84. The van der Waals surface area contributed by atoms with Crippen molar-refractivity contribution in [3.05, 3.63) is 75.4 Å². The molecule has 2 unspecified atom stereocenters. The highest BCUT2D eigenvalue weighted by atomic mass is 16.6. The Hall–Kier alpha value is -4.53. The van der Waals surface area contributed by atoms with Gasteiger partial charge in [-0.25, -0.2) is 9.59 Å². The van der Waals surface area contributed by atoms with Crippen LogP contribution in [0.2, 0.25) is 0 Å². The van der Waals surface area contributed by atoms with E-state index in [1.165, 1.54) is 0 Å². The van der Waals surface area contributed by atoms with Crippen molar-refractivity contribution in [2.75, 3.05) is 0 Å². The molecular weight excluding hydrogens is 532 g/mol. The predicted molar refractivity (Wildman–Crippen MR) is 160 cm³/mol. The van der Waals surface area contributed by atoms with Gasteiger partial charge in [0, 0.05) is 69.3 Å². The molecule has 6 rings (SSSR count). The van der Waals surface area contributed by atoms with Gasteiger partial charge in [-0.1, -0.05) is 33.4 Å². The van der Waals surface area contributed by atoms with Gasteiger partial charge >= 0.3 is 17.9 Å². The number of aliphatic carboxylic acids is 1. The topological polar surface area (TPSA) is 138 Å². The van der Waals surface area contributed by atoms with Crippen molar-refractivity contribution < 1.29 is 24.2 Å². The summed E-state index contributed by atoms with van der Waals surface area (Å²) in [4.78, 5) is 54.9. The zero-order chi connectivity index (χ0) is 30.0. The molecule has 0 aliphatic carbocycles. The Morgan fingerprint density at radius 1 is 0.929 bits per heavy atom. The number of aromatic nitrogens is 4. The third-order valence-electron chi connectivity index (χ3n) is 9.32. The third-order valence-corrected chi connectivity index (χ3v) is 9.32. The Balaban J connectivity index is 1.80. The van der Waals surface area contributed by atoms with E-state index in [1.54, 1.807) is 0 Å². The van der Waals surface area contributed by atoms with E-state index < -0.39 is 17.9 Å². The molecule has 3 aliphatic heterocycles. The van der Waals surface area contributed by atoms with Gasteiger partial charge in [-0.15, -0.1) is 0 Å². The minimum absolute atomic E-state index is 0.0888. The van der Waals surface area contributed by atoms with Crippen molar-refractivity contribution in [1.29, 1.82) is 0 Å². The monoisotopic (exact) mass is 566 g/mol. The molecule has 3 N–H and O–H groups in total. The van der Waals surface area contributed by atoms with Gasteiger partial charge in [-0.2, -0.15) is 0 Å². The normalized spacial score (nSPS) is 21.4. The van der Waals surface area contributed by atoms with Gasteiger partial charge in [-0.3, -0.25) is 14.8 Å². The van der Waals surface area contributed by atoms with E-state index in [0.717, 1.165) is 40.0 Å². The van der Waals surface area contributed by atoms with Gasteiger partial charge in [0.05, 0.1) is 16.8 Å². The molecular formula is C33H34N4O5. The summed E-state index contributed by atoms with van der Waals surface area (Å²) in [5, 5.41) is 9.50. The summed E-state index contributed by atoms with van der Waals surface area (Å²) in [5.74, 6) is -2.67. The number of hydrogen-bond acceptors (Lipinski definition) is 6. The van der Waals surface area contributed by atoms with Gasteiger partial charge in [-0.05, 0) is 56.0 Å². The van der Waals surface area contributed by atoms with E-state index in [0.29, 0.717) is 33.5 Å². The van der Waals surface area contributed by atoms with Crippen molar-refractivity contribution in [2.24, 2.45) is 0 Å². The number of esters is 2. The van der Waals surface area contributed by atoms with Gasteiger partial charge < -0.3 is 19.8 Å². The number of hydrogen-bond donors (Lipinski definition) is 3. The quantitative estimate of drug-likeness (QED) is 0.225. The number of fused-ring (bicyclic) bond motifs is 8. The molecule has 0 saturated carbocycles. The van der Waals surface area contributed by atoms with Gasteiger partial charge in [0.25, 0.3) is 0 Å². The van der Waals surface area contributed by atoms with E-state index in [4.69, 9.17) is 14.7 Å². The molecule has 3 aromatic heterocycles. The minimum atomic E-state index is -0.930. The van der Waals surface area contributed by atoms with Crippen LogP contribution in [0.5, 0.6) is 0 Å². The summed E-state index contributed by atoms with van der Waals surface area (Å²) in [5.41, 5.74) is 8.88. The minimum Gasteiger partial charge on any atom is -0.481 e. The average molecular weight is 567 g/mol. The van der Waals surface area contributed by atoms with Crippen LogP contribution in [0.25, 0.3) is 28.1 Å². The molecule has 3 aliphatic rings. The van der Waals surface area contributed by atoms with Crippen LogP contribution in [-0.4, -0.2) is 43.0 Å². The molecule has 0 spiro atoms. The zero-order valence-corrected chi connectivity index (χ0v) is 24.4. The fraction of sp³-hybridized carbons (Fsp3) is 0.364. The van der Waals surface area contributed by atoms with Crippen LogP contribution in [0.15, 0.2) is 24.8 Å². The summed E-state index contributed by atoms with van der Waals surface area (Å²) in [7, 11) is 0. The smallest absolute Gasteiger partial charge is 0.350 e. The molecule has 0 saturated heterocycles. The molecule has 6 heterocycles. The molecule has 8 bridgehead atoms. The summed E-state index contributed by atoms with van der Waals surface area (Å²) >= 11 is 0. The predicted octanol–water partition coefficient (Wildman–Crippen LogP) is 6.93. The lowest BCUT2D eigenvalue weighted by Crippen LogP contribution is -2.21. The second kappa shape index (κ2) is 10.1. The third kappa shape index (κ3) is 4.18. The molecule has 0 fully saturated rings. The number of carbonyl (C=O) groups excluding carboxylic acids is 2. The van der Waals surface area contributed by atoms with Crippen molar-refractivity contribution in [3.8, 4) is 0 Å². The lowest BCUT2D eigenvalue weighted by molar-refractivity contribution is -0.137. The van der Waals surface area contributed by atoms with E-state index in [9.17, 15) is 19.5 Å². The number of H-pyrrole nitrogens is 2. The van der Waals surface area contributed by atoms with Crippen LogP contribution < -0.4 is 0 Å². The van der Waals surface area contributed by atoms with Crippen molar-refractivity contribution >= 4 is 46.1 Å². The first-order valence-electron chi connectivity index (χ1n) is 14.4. The highest BCUT2D eigenvalue weighted by molar-refractivity contribution is 6.18. The first kappa shape index (κ1) is 27.6. The van der Waals surface area contributed by atoms with E-state index >= 15 is 0 Å². The maximum absolute atomic E-state index is 13.4. The van der Waals surface area contributed by atoms with Crippen LogP contribution in [0, 0.1) is 13.8 Å². The van der Waals surface area contributed by atoms with Gasteiger partial charge in [0.15, 0.2) is 0 Å².